The second kappa shape index (κ2) is 7.09. The van der Waals surface area contributed by atoms with Crippen molar-refractivity contribution >= 4 is 5.69 Å². The number of aryl methyl sites for hydroxylation is 1. The molecule has 1 saturated carbocycles. The van der Waals surface area contributed by atoms with Crippen LogP contribution < -0.4 is 10.2 Å². The van der Waals surface area contributed by atoms with Crippen LogP contribution in [0, 0.1) is 6.92 Å². The van der Waals surface area contributed by atoms with Crippen molar-refractivity contribution in [3.8, 4) is 0 Å². The van der Waals surface area contributed by atoms with E-state index < -0.39 is 0 Å². The fourth-order valence-electron chi connectivity index (χ4n) is 2.58. The summed E-state index contributed by atoms with van der Waals surface area (Å²) in [7, 11) is 0. The van der Waals surface area contributed by atoms with Gasteiger partial charge in [-0.15, -0.1) is 0 Å². The van der Waals surface area contributed by atoms with E-state index in [9.17, 15) is 0 Å². The molecule has 0 amide bonds. The highest BCUT2D eigenvalue weighted by molar-refractivity contribution is 5.55. The molecule has 3 heteroatoms. The lowest BCUT2D eigenvalue weighted by Crippen LogP contribution is -2.33. The fourth-order valence-corrected chi connectivity index (χ4v) is 2.58. The van der Waals surface area contributed by atoms with Gasteiger partial charge in [0.15, 0.2) is 0 Å². The van der Waals surface area contributed by atoms with Crippen LogP contribution in [0.25, 0.3) is 0 Å². The van der Waals surface area contributed by atoms with Gasteiger partial charge in [0.25, 0.3) is 0 Å². The first-order valence-electron chi connectivity index (χ1n) is 7.82. The SMILES string of the molecule is Cc1ccc(N(CCCO)C(C)C)c(CNC2CC2)c1. The number of hydrogen-bond acceptors (Lipinski definition) is 3. The molecule has 0 aliphatic heterocycles. The lowest BCUT2D eigenvalue weighted by molar-refractivity contribution is 0.288. The zero-order valence-corrected chi connectivity index (χ0v) is 13.0. The molecular formula is C17H28N2O. The summed E-state index contributed by atoms with van der Waals surface area (Å²) in [5.41, 5.74) is 4.00. The highest BCUT2D eigenvalue weighted by Gasteiger charge is 2.21. The minimum atomic E-state index is 0.255. The Balaban J connectivity index is 2.16. The zero-order chi connectivity index (χ0) is 14.5. The van der Waals surface area contributed by atoms with Crippen LogP contribution >= 0.6 is 0 Å². The molecule has 0 spiro atoms. The van der Waals surface area contributed by atoms with Crippen LogP contribution in [-0.2, 0) is 6.54 Å². The molecule has 0 aromatic heterocycles. The first-order chi connectivity index (χ1) is 9.61. The molecule has 0 bridgehead atoms. The lowest BCUT2D eigenvalue weighted by Gasteiger charge is -2.31. The maximum atomic E-state index is 9.10. The van der Waals surface area contributed by atoms with E-state index in [1.54, 1.807) is 0 Å². The molecule has 1 aromatic carbocycles. The van der Waals surface area contributed by atoms with E-state index in [0.717, 1.165) is 25.6 Å². The third kappa shape index (κ3) is 4.22. The van der Waals surface area contributed by atoms with Crippen molar-refractivity contribution in [1.29, 1.82) is 0 Å². The first-order valence-corrected chi connectivity index (χ1v) is 7.82. The van der Waals surface area contributed by atoms with E-state index >= 15 is 0 Å². The second-order valence-electron chi connectivity index (χ2n) is 6.15. The third-order valence-corrected chi connectivity index (χ3v) is 3.88. The quantitative estimate of drug-likeness (QED) is 0.766. The molecule has 0 saturated heterocycles. The Kier molecular flexibility index (Phi) is 5.44. The maximum Gasteiger partial charge on any atom is 0.0447 e. The molecule has 0 atom stereocenters. The van der Waals surface area contributed by atoms with Crippen molar-refractivity contribution < 1.29 is 5.11 Å². The van der Waals surface area contributed by atoms with E-state index in [0.29, 0.717) is 6.04 Å². The Morgan fingerprint density at radius 1 is 1.35 bits per heavy atom. The van der Waals surface area contributed by atoms with Crippen molar-refractivity contribution in [2.24, 2.45) is 0 Å². The summed E-state index contributed by atoms with van der Waals surface area (Å²) >= 11 is 0. The summed E-state index contributed by atoms with van der Waals surface area (Å²) in [5.74, 6) is 0. The summed E-state index contributed by atoms with van der Waals surface area (Å²) in [5, 5.41) is 12.7. The Labute approximate surface area is 123 Å². The first kappa shape index (κ1) is 15.3. The van der Waals surface area contributed by atoms with Gasteiger partial charge in [-0.25, -0.2) is 0 Å². The molecule has 1 aromatic rings. The number of anilines is 1. The van der Waals surface area contributed by atoms with E-state index in [-0.39, 0.29) is 6.61 Å². The number of nitrogens with one attached hydrogen (secondary N) is 1. The van der Waals surface area contributed by atoms with Gasteiger partial charge in [0.1, 0.15) is 0 Å². The molecule has 2 rings (SSSR count). The van der Waals surface area contributed by atoms with Crippen molar-refractivity contribution in [1.82, 2.24) is 5.32 Å². The van der Waals surface area contributed by atoms with Crippen LogP contribution in [-0.4, -0.2) is 30.3 Å². The topological polar surface area (TPSA) is 35.5 Å². The van der Waals surface area contributed by atoms with Gasteiger partial charge < -0.3 is 15.3 Å². The number of rotatable bonds is 8. The van der Waals surface area contributed by atoms with Crippen LogP contribution in [0.4, 0.5) is 5.69 Å². The normalized spacial score (nSPS) is 14.8. The van der Waals surface area contributed by atoms with Gasteiger partial charge >= 0.3 is 0 Å². The van der Waals surface area contributed by atoms with Gasteiger partial charge in [0, 0.05) is 37.5 Å². The summed E-state index contributed by atoms with van der Waals surface area (Å²) < 4.78 is 0. The third-order valence-electron chi connectivity index (χ3n) is 3.88. The average molecular weight is 276 g/mol. The van der Waals surface area contributed by atoms with E-state index in [2.05, 4.69) is 49.2 Å². The van der Waals surface area contributed by atoms with Crippen LogP contribution in [0.5, 0.6) is 0 Å². The van der Waals surface area contributed by atoms with Gasteiger partial charge in [-0.1, -0.05) is 17.7 Å². The molecule has 112 valence electrons. The molecule has 1 aliphatic rings. The van der Waals surface area contributed by atoms with Crippen molar-refractivity contribution in [3.63, 3.8) is 0 Å². The fraction of sp³-hybridized carbons (Fsp3) is 0.647. The summed E-state index contributed by atoms with van der Waals surface area (Å²) in [6.07, 6.45) is 3.46. The number of nitrogens with zero attached hydrogens (tertiary/aromatic N) is 1. The zero-order valence-electron chi connectivity index (χ0n) is 13.0. The van der Waals surface area contributed by atoms with E-state index in [1.807, 2.05) is 0 Å². The summed E-state index contributed by atoms with van der Waals surface area (Å²) in [6, 6.07) is 7.89. The predicted molar refractivity (Wildman–Crippen MR) is 85.2 cm³/mol. The van der Waals surface area contributed by atoms with Crippen LogP contribution in [0.15, 0.2) is 18.2 Å². The molecule has 0 heterocycles. The van der Waals surface area contributed by atoms with Crippen molar-refractivity contribution in [3.05, 3.63) is 29.3 Å². The smallest absolute Gasteiger partial charge is 0.0447 e. The van der Waals surface area contributed by atoms with Gasteiger partial charge in [-0.3, -0.25) is 0 Å². The number of aliphatic hydroxyl groups excluding tert-OH is 1. The number of benzene rings is 1. The minimum Gasteiger partial charge on any atom is -0.396 e. The van der Waals surface area contributed by atoms with Crippen LogP contribution in [0.2, 0.25) is 0 Å². The van der Waals surface area contributed by atoms with Gasteiger partial charge in [-0.2, -0.15) is 0 Å². The highest BCUT2D eigenvalue weighted by atomic mass is 16.3. The molecule has 3 nitrogen and oxygen atoms in total. The Morgan fingerprint density at radius 3 is 2.70 bits per heavy atom. The van der Waals surface area contributed by atoms with Crippen molar-refractivity contribution in [2.75, 3.05) is 18.1 Å². The van der Waals surface area contributed by atoms with Gasteiger partial charge in [-0.05, 0) is 51.7 Å². The number of hydrogen-bond donors (Lipinski definition) is 2. The Hall–Kier alpha value is -1.06. The predicted octanol–water partition coefficient (Wildman–Crippen LogP) is 2.84. The standard InChI is InChI=1S/C17H28N2O/c1-13(2)19(9-4-10-20)17-8-5-14(3)11-15(17)12-18-16-6-7-16/h5,8,11,13,16,18,20H,4,6-7,9-10,12H2,1-3H3. The lowest BCUT2D eigenvalue weighted by atomic mass is 10.1. The van der Waals surface area contributed by atoms with Crippen molar-refractivity contribution in [2.45, 2.75) is 58.7 Å². The monoisotopic (exact) mass is 276 g/mol. The molecule has 1 fully saturated rings. The van der Waals surface area contributed by atoms with Crippen LogP contribution in [0.3, 0.4) is 0 Å². The van der Waals surface area contributed by atoms with E-state index in [1.165, 1.54) is 29.7 Å². The van der Waals surface area contributed by atoms with E-state index in [4.69, 9.17) is 5.11 Å². The maximum absolute atomic E-state index is 9.10. The second-order valence-corrected chi connectivity index (χ2v) is 6.15. The Morgan fingerprint density at radius 2 is 2.10 bits per heavy atom. The molecule has 0 unspecified atom stereocenters. The molecule has 20 heavy (non-hydrogen) atoms. The molecular weight excluding hydrogens is 248 g/mol. The average Bonchev–Trinajstić information content (AvgIpc) is 3.22. The van der Waals surface area contributed by atoms with Crippen LogP contribution in [0.1, 0.15) is 44.2 Å². The summed E-state index contributed by atoms with van der Waals surface area (Å²) in [6.45, 7) is 8.70. The molecule has 2 N–H and O–H groups in total. The largest absolute Gasteiger partial charge is 0.396 e. The van der Waals surface area contributed by atoms with Gasteiger partial charge in [0.2, 0.25) is 0 Å². The molecule has 0 radical (unpaired) electrons. The highest BCUT2D eigenvalue weighted by Crippen LogP contribution is 2.26. The van der Waals surface area contributed by atoms with Gasteiger partial charge in [0.05, 0.1) is 0 Å². The number of aliphatic hydroxyl groups is 1. The minimum absolute atomic E-state index is 0.255. The Bertz CT molecular complexity index is 427. The summed E-state index contributed by atoms with van der Waals surface area (Å²) in [4.78, 5) is 2.40. The molecule has 1 aliphatic carbocycles.